The number of rotatable bonds is 8. The van der Waals surface area contributed by atoms with Crippen LogP contribution in [0.25, 0.3) is 0 Å². The molecule has 0 saturated heterocycles. The summed E-state index contributed by atoms with van der Waals surface area (Å²) >= 11 is 1.35. The van der Waals surface area contributed by atoms with Crippen molar-refractivity contribution >= 4 is 44.5 Å². The Morgan fingerprint density at radius 2 is 1.87 bits per heavy atom. The van der Waals surface area contributed by atoms with Gasteiger partial charge in [-0.25, -0.2) is 8.42 Å². The molecule has 0 saturated carbocycles. The lowest BCUT2D eigenvalue weighted by atomic mass is 10.3. The Bertz CT molecular complexity index is 1190. The van der Waals surface area contributed by atoms with Crippen molar-refractivity contribution in [2.75, 3.05) is 23.7 Å². The van der Waals surface area contributed by atoms with E-state index in [-0.39, 0.29) is 28.6 Å². The number of thiophene rings is 1. The Morgan fingerprint density at radius 3 is 2.58 bits per heavy atom. The van der Waals surface area contributed by atoms with Gasteiger partial charge in [-0.05, 0) is 41.8 Å². The third kappa shape index (κ3) is 5.53. The van der Waals surface area contributed by atoms with Crippen molar-refractivity contribution in [1.29, 1.82) is 0 Å². The smallest absolute Gasteiger partial charge is 0.262 e. The molecule has 0 radical (unpaired) electrons. The van der Waals surface area contributed by atoms with Gasteiger partial charge in [-0.1, -0.05) is 12.1 Å². The van der Waals surface area contributed by atoms with Gasteiger partial charge in [-0.2, -0.15) is 11.3 Å². The predicted octanol–water partition coefficient (Wildman–Crippen LogP) is 2.63. The number of hydrogen-bond donors (Lipinski definition) is 4. The Balaban J connectivity index is 1.71. The van der Waals surface area contributed by atoms with E-state index in [1.165, 1.54) is 30.6 Å². The number of phenolic OH excluding ortho intramolecular Hbond substituents is 1. The molecular formula is C20H19N3O6S2. The van der Waals surface area contributed by atoms with Crippen LogP contribution in [-0.2, 0) is 14.8 Å². The van der Waals surface area contributed by atoms with Gasteiger partial charge in [0.15, 0.2) is 0 Å². The number of sulfonamides is 1. The van der Waals surface area contributed by atoms with Crippen molar-refractivity contribution in [2.45, 2.75) is 4.90 Å². The highest BCUT2D eigenvalue weighted by molar-refractivity contribution is 7.92. The molecule has 0 aliphatic rings. The van der Waals surface area contributed by atoms with Crippen molar-refractivity contribution in [1.82, 2.24) is 5.32 Å². The molecule has 4 N–H and O–H groups in total. The number of benzene rings is 2. The molecule has 0 unspecified atom stereocenters. The highest BCUT2D eigenvalue weighted by Gasteiger charge is 2.19. The van der Waals surface area contributed by atoms with Crippen LogP contribution in [0.2, 0.25) is 0 Å². The van der Waals surface area contributed by atoms with Crippen LogP contribution >= 0.6 is 11.3 Å². The second kappa shape index (κ2) is 9.49. The highest BCUT2D eigenvalue weighted by atomic mass is 32.2. The van der Waals surface area contributed by atoms with Crippen molar-refractivity contribution < 1.29 is 27.9 Å². The topological polar surface area (TPSA) is 134 Å². The van der Waals surface area contributed by atoms with Crippen LogP contribution in [0.4, 0.5) is 11.4 Å². The third-order valence-corrected chi connectivity index (χ3v) is 6.14. The molecule has 2 amide bonds. The second-order valence-electron chi connectivity index (χ2n) is 6.23. The fraction of sp³-hybridized carbons (Fsp3) is 0.100. The van der Waals surface area contributed by atoms with Gasteiger partial charge in [0.05, 0.1) is 29.9 Å². The molecular weight excluding hydrogens is 442 g/mol. The summed E-state index contributed by atoms with van der Waals surface area (Å²) in [5.41, 5.74) is 0.550. The van der Waals surface area contributed by atoms with E-state index in [2.05, 4.69) is 15.4 Å². The molecule has 0 spiro atoms. The number of anilines is 2. The Morgan fingerprint density at radius 1 is 1.10 bits per heavy atom. The average Bonchev–Trinajstić information content (AvgIpc) is 3.28. The number of carbonyl (C=O) groups is 2. The number of amides is 2. The van der Waals surface area contributed by atoms with E-state index in [1.807, 2.05) is 0 Å². The molecule has 0 bridgehead atoms. The number of phenols is 1. The van der Waals surface area contributed by atoms with Crippen molar-refractivity contribution in [3.63, 3.8) is 0 Å². The number of methoxy groups -OCH3 is 1. The van der Waals surface area contributed by atoms with Crippen LogP contribution in [0.15, 0.2) is 64.2 Å². The average molecular weight is 462 g/mol. The predicted molar refractivity (Wildman–Crippen MR) is 117 cm³/mol. The molecule has 3 aromatic rings. The van der Waals surface area contributed by atoms with Crippen molar-refractivity contribution in [3.8, 4) is 11.5 Å². The number of aromatic hydroxyl groups is 1. The van der Waals surface area contributed by atoms with Gasteiger partial charge >= 0.3 is 0 Å². The number of nitrogens with one attached hydrogen (secondary N) is 3. The van der Waals surface area contributed by atoms with Crippen molar-refractivity contribution in [2.24, 2.45) is 0 Å². The fourth-order valence-electron chi connectivity index (χ4n) is 2.57. The van der Waals surface area contributed by atoms with Crippen LogP contribution in [0.3, 0.4) is 0 Å². The van der Waals surface area contributed by atoms with Gasteiger partial charge in [-0.3, -0.25) is 14.3 Å². The summed E-state index contributed by atoms with van der Waals surface area (Å²) in [6.45, 7) is -0.357. The molecule has 1 heterocycles. The first kappa shape index (κ1) is 22.1. The van der Waals surface area contributed by atoms with Gasteiger partial charge in [0.1, 0.15) is 11.5 Å². The zero-order valence-corrected chi connectivity index (χ0v) is 17.9. The van der Waals surface area contributed by atoms with E-state index >= 15 is 0 Å². The molecule has 0 aliphatic carbocycles. The van der Waals surface area contributed by atoms with Gasteiger partial charge in [0.2, 0.25) is 5.91 Å². The van der Waals surface area contributed by atoms with Crippen LogP contribution in [0, 0.1) is 0 Å². The summed E-state index contributed by atoms with van der Waals surface area (Å²) in [7, 11) is -2.62. The molecule has 2 aromatic carbocycles. The number of ether oxygens (including phenoxy) is 1. The Kier molecular flexibility index (Phi) is 6.78. The maximum Gasteiger partial charge on any atom is 0.262 e. The first-order valence-corrected chi connectivity index (χ1v) is 11.3. The minimum absolute atomic E-state index is 0.113. The zero-order chi connectivity index (χ0) is 22.4. The molecule has 11 heteroatoms. The minimum atomic E-state index is -4.04. The maximum absolute atomic E-state index is 12.7. The van der Waals surface area contributed by atoms with Crippen LogP contribution in [0.5, 0.6) is 11.5 Å². The lowest BCUT2D eigenvalue weighted by Gasteiger charge is -2.13. The first-order chi connectivity index (χ1) is 14.8. The molecule has 0 atom stereocenters. The van der Waals surface area contributed by atoms with Crippen LogP contribution in [0.1, 0.15) is 10.4 Å². The van der Waals surface area contributed by atoms with Crippen LogP contribution in [-0.4, -0.2) is 39.0 Å². The lowest BCUT2D eigenvalue weighted by molar-refractivity contribution is -0.115. The summed E-state index contributed by atoms with van der Waals surface area (Å²) in [6.07, 6.45) is 0. The molecule has 3 rings (SSSR count). The van der Waals surface area contributed by atoms with E-state index in [1.54, 1.807) is 35.0 Å². The van der Waals surface area contributed by atoms with E-state index in [9.17, 15) is 23.1 Å². The Labute approximate surface area is 182 Å². The number of para-hydroxylation sites is 2. The molecule has 9 nitrogen and oxygen atoms in total. The summed E-state index contributed by atoms with van der Waals surface area (Å²) in [5.74, 6) is -1.04. The SMILES string of the molecule is COc1ccccc1NS(=O)(=O)c1ccc(O)c(NC(=O)CNC(=O)c2ccsc2)c1. The summed E-state index contributed by atoms with van der Waals surface area (Å²) in [4.78, 5) is 23.9. The van der Waals surface area contributed by atoms with E-state index in [0.717, 1.165) is 12.1 Å². The van der Waals surface area contributed by atoms with Gasteiger partial charge in [0.25, 0.3) is 15.9 Å². The number of hydrogen-bond acceptors (Lipinski definition) is 7. The summed E-state index contributed by atoms with van der Waals surface area (Å²) < 4.78 is 33.0. The van der Waals surface area contributed by atoms with Gasteiger partial charge in [0, 0.05) is 10.9 Å². The summed E-state index contributed by atoms with van der Waals surface area (Å²) in [6, 6.07) is 11.6. The molecule has 31 heavy (non-hydrogen) atoms. The summed E-state index contributed by atoms with van der Waals surface area (Å²) in [5, 5.41) is 18.2. The van der Waals surface area contributed by atoms with E-state index in [0.29, 0.717) is 11.3 Å². The minimum Gasteiger partial charge on any atom is -0.506 e. The molecule has 0 fully saturated rings. The third-order valence-electron chi connectivity index (χ3n) is 4.10. The second-order valence-corrected chi connectivity index (χ2v) is 8.69. The zero-order valence-electron chi connectivity index (χ0n) is 16.3. The fourth-order valence-corrected chi connectivity index (χ4v) is 4.30. The monoisotopic (exact) mass is 461 g/mol. The largest absolute Gasteiger partial charge is 0.506 e. The van der Waals surface area contributed by atoms with Gasteiger partial charge < -0.3 is 20.5 Å². The van der Waals surface area contributed by atoms with E-state index in [4.69, 9.17) is 4.74 Å². The number of carbonyl (C=O) groups excluding carboxylic acids is 2. The molecule has 162 valence electrons. The normalized spacial score (nSPS) is 10.9. The highest BCUT2D eigenvalue weighted by Crippen LogP contribution is 2.30. The lowest BCUT2D eigenvalue weighted by Crippen LogP contribution is -2.32. The first-order valence-electron chi connectivity index (χ1n) is 8.89. The standard InChI is InChI=1S/C20H19N3O6S2/c1-29-18-5-3-2-4-15(18)23-31(27,28)14-6-7-17(24)16(10-14)22-19(25)11-21-20(26)13-8-9-30-12-13/h2-10,12,23-24H,11H2,1H3,(H,21,26)(H,22,25). The van der Waals surface area contributed by atoms with Crippen molar-refractivity contribution in [3.05, 3.63) is 64.9 Å². The molecule has 1 aromatic heterocycles. The molecule has 0 aliphatic heterocycles. The maximum atomic E-state index is 12.7. The van der Waals surface area contributed by atoms with Gasteiger partial charge in [-0.15, -0.1) is 0 Å². The van der Waals surface area contributed by atoms with E-state index < -0.39 is 21.8 Å². The Hall–Kier alpha value is -3.57. The quantitative estimate of drug-likeness (QED) is 0.381. The van der Waals surface area contributed by atoms with Crippen LogP contribution < -0.4 is 20.1 Å².